The van der Waals surface area contributed by atoms with Crippen LogP contribution in [0.3, 0.4) is 0 Å². The van der Waals surface area contributed by atoms with E-state index in [1.807, 2.05) is 56.4 Å². The fourth-order valence-corrected chi connectivity index (χ4v) is 5.32. The van der Waals surface area contributed by atoms with E-state index in [2.05, 4.69) is 27.1 Å². The van der Waals surface area contributed by atoms with Gasteiger partial charge in [0.05, 0.1) is 17.6 Å². The number of pyridine rings is 1. The van der Waals surface area contributed by atoms with Gasteiger partial charge in [0.2, 0.25) is 0 Å². The topological polar surface area (TPSA) is 93.4 Å². The summed E-state index contributed by atoms with van der Waals surface area (Å²) in [5.41, 5.74) is 6.32. The quantitative estimate of drug-likeness (QED) is 0.363. The summed E-state index contributed by atoms with van der Waals surface area (Å²) in [6.45, 7) is 6.09. The van der Waals surface area contributed by atoms with E-state index in [0.29, 0.717) is 18.1 Å². The van der Waals surface area contributed by atoms with Gasteiger partial charge in [-0.3, -0.25) is 14.7 Å². The normalized spacial score (nSPS) is 16.7. The van der Waals surface area contributed by atoms with Crippen LogP contribution in [0.2, 0.25) is 5.02 Å². The average Bonchev–Trinajstić information content (AvgIpc) is 3.16. The molecule has 192 valence electrons. The minimum Gasteiger partial charge on any atom is -0.487 e. The number of carboxylic acids is 1. The van der Waals surface area contributed by atoms with E-state index in [4.69, 9.17) is 16.3 Å². The number of aryl methyl sites for hydroxylation is 2. The van der Waals surface area contributed by atoms with Crippen molar-refractivity contribution in [3.05, 3.63) is 81.6 Å². The number of carbonyl (C=O) groups is 1. The summed E-state index contributed by atoms with van der Waals surface area (Å²) in [7, 11) is 1.85. The van der Waals surface area contributed by atoms with Crippen molar-refractivity contribution >= 4 is 28.6 Å². The summed E-state index contributed by atoms with van der Waals surface area (Å²) in [5.74, 6) is -0.385. The van der Waals surface area contributed by atoms with Crippen LogP contribution in [0.25, 0.3) is 11.0 Å². The lowest BCUT2D eigenvalue weighted by molar-refractivity contribution is -0.137. The Hall–Kier alpha value is -3.49. The number of benzene rings is 2. The van der Waals surface area contributed by atoms with Crippen LogP contribution in [0, 0.1) is 6.92 Å². The van der Waals surface area contributed by atoms with Gasteiger partial charge >= 0.3 is 5.97 Å². The smallest absolute Gasteiger partial charge is 0.304 e. The van der Waals surface area contributed by atoms with Gasteiger partial charge in [-0.25, -0.2) is 4.68 Å². The molecule has 0 amide bonds. The van der Waals surface area contributed by atoms with Crippen LogP contribution in [0.4, 0.5) is 0 Å². The second-order valence-corrected chi connectivity index (χ2v) is 10.0. The molecule has 2 aromatic carbocycles. The van der Waals surface area contributed by atoms with Gasteiger partial charge in [0.1, 0.15) is 17.4 Å². The third-order valence-corrected chi connectivity index (χ3v) is 7.50. The lowest BCUT2D eigenvalue weighted by Gasteiger charge is -2.25. The molecule has 1 aliphatic rings. The van der Waals surface area contributed by atoms with Crippen molar-refractivity contribution in [2.45, 2.75) is 51.8 Å². The Labute approximate surface area is 220 Å². The summed E-state index contributed by atoms with van der Waals surface area (Å²) in [6, 6.07) is 13.6. The molecule has 37 heavy (non-hydrogen) atoms. The lowest BCUT2D eigenvalue weighted by atomic mass is 9.85. The highest BCUT2D eigenvalue weighted by Crippen LogP contribution is 2.35. The maximum Gasteiger partial charge on any atom is 0.304 e. The van der Waals surface area contributed by atoms with Crippen LogP contribution < -0.4 is 4.74 Å². The zero-order valence-electron chi connectivity index (χ0n) is 21.2. The lowest BCUT2D eigenvalue weighted by Crippen LogP contribution is -2.32. The van der Waals surface area contributed by atoms with E-state index < -0.39 is 5.97 Å². The molecule has 0 bridgehead atoms. The Morgan fingerprint density at radius 3 is 2.89 bits per heavy atom. The summed E-state index contributed by atoms with van der Waals surface area (Å²) < 4.78 is 7.93. The first-order valence-corrected chi connectivity index (χ1v) is 12.8. The van der Waals surface area contributed by atoms with Gasteiger partial charge in [-0.15, -0.1) is 5.10 Å². The van der Waals surface area contributed by atoms with Gasteiger partial charge in [-0.1, -0.05) is 41.9 Å². The second kappa shape index (κ2) is 10.5. The van der Waals surface area contributed by atoms with Gasteiger partial charge < -0.3 is 9.84 Å². The SMILES string of the molecule is CC[C@@H]1CN(Cc2cc(C(CC(=O)O)c3ccc4c(nnn4C)c3C)ccc2Cl)Cc2ncccc2O1. The van der Waals surface area contributed by atoms with E-state index in [9.17, 15) is 9.90 Å². The van der Waals surface area contributed by atoms with Crippen molar-refractivity contribution in [3.8, 4) is 5.75 Å². The second-order valence-electron chi connectivity index (χ2n) is 9.63. The summed E-state index contributed by atoms with van der Waals surface area (Å²) >= 11 is 6.68. The molecule has 0 fully saturated rings. The highest BCUT2D eigenvalue weighted by Gasteiger charge is 2.25. The number of hydrogen-bond acceptors (Lipinski definition) is 6. The number of rotatable bonds is 7. The summed E-state index contributed by atoms with van der Waals surface area (Å²) in [5, 5.41) is 18.9. The molecular weight excluding hydrogens is 490 g/mol. The third-order valence-electron chi connectivity index (χ3n) is 7.13. The van der Waals surface area contributed by atoms with Crippen LogP contribution in [0.1, 0.15) is 53.6 Å². The number of aromatic nitrogens is 4. The van der Waals surface area contributed by atoms with Crippen molar-refractivity contribution in [2.24, 2.45) is 7.05 Å². The molecule has 0 saturated heterocycles. The molecule has 0 aliphatic carbocycles. The Morgan fingerprint density at radius 1 is 1.27 bits per heavy atom. The Balaban J connectivity index is 1.50. The van der Waals surface area contributed by atoms with Crippen molar-refractivity contribution in [2.75, 3.05) is 6.54 Å². The molecule has 1 unspecified atom stereocenters. The largest absolute Gasteiger partial charge is 0.487 e. The molecule has 8 nitrogen and oxygen atoms in total. The van der Waals surface area contributed by atoms with Crippen LogP contribution in [0.15, 0.2) is 48.7 Å². The van der Waals surface area contributed by atoms with Crippen LogP contribution in [-0.2, 0) is 24.9 Å². The van der Waals surface area contributed by atoms with Crippen molar-refractivity contribution in [3.63, 3.8) is 0 Å². The van der Waals surface area contributed by atoms with E-state index in [-0.39, 0.29) is 18.4 Å². The highest BCUT2D eigenvalue weighted by atomic mass is 35.5. The predicted octanol–water partition coefficient (Wildman–Crippen LogP) is 5.10. The van der Waals surface area contributed by atoms with Crippen LogP contribution >= 0.6 is 11.6 Å². The predicted molar refractivity (Wildman–Crippen MR) is 142 cm³/mol. The number of aliphatic carboxylic acids is 1. The number of carboxylic acid groups (broad SMARTS) is 1. The van der Waals surface area contributed by atoms with Crippen LogP contribution in [0.5, 0.6) is 5.75 Å². The number of halogens is 1. The van der Waals surface area contributed by atoms with Gasteiger partial charge in [-0.2, -0.15) is 0 Å². The standard InChI is InChI=1S/C28H30ClN5O3/c1-4-20-15-34(16-24-26(37-20)6-5-11-30-24)14-19-12-18(7-9-23(19)29)22(13-27(35)36)21-8-10-25-28(17(21)2)31-32-33(25)3/h5-12,20,22H,4,13-16H2,1-3H3,(H,35,36)/t20-,22?/m1/s1. The molecule has 4 aromatic rings. The molecule has 1 N–H and O–H groups in total. The molecule has 2 atom stereocenters. The maximum absolute atomic E-state index is 11.9. The summed E-state index contributed by atoms with van der Waals surface area (Å²) in [4.78, 5) is 18.8. The van der Waals surface area contributed by atoms with E-state index >= 15 is 0 Å². The monoisotopic (exact) mass is 519 g/mol. The minimum absolute atomic E-state index is 0.0412. The molecular formula is C28H30ClN5O3. The van der Waals surface area contributed by atoms with Crippen molar-refractivity contribution in [1.82, 2.24) is 24.9 Å². The molecule has 0 radical (unpaired) electrons. The Bertz CT molecular complexity index is 1450. The van der Waals surface area contributed by atoms with E-state index in [1.54, 1.807) is 10.9 Å². The molecule has 9 heteroatoms. The van der Waals surface area contributed by atoms with Gasteiger partial charge in [-0.05, 0) is 59.9 Å². The number of ether oxygens (including phenoxy) is 1. The summed E-state index contributed by atoms with van der Waals surface area (Å²) in [6.07, 6.45) is 2.67. The fourth-order valence-electron chi connectivity index (χ4n) is 5.15. The first-order chi connectivity index (χ1) is 17.8. The molecule has 1 aliphatic heterocycles. The highest BCUT2D eigenvalue weighted by molar-refractivity contribution is 6.31. The van der Waals surface area contributed by atoms with E-state index in [0.717, 1.165) is 57.7 Å². The molecule has 5 rings (SSSR count). The fraction of sp³-hybridized carbons (Fsp3) is 0.357. The molecule has 2 aromatic heterocycles. The molecule has 0 saturated carbocycles. The minimum atomic E-state index is -0.863. The number of nitrogens with zero attached hydrogens (tertiary/aromatic N) is 5. The number of hydrogen-bond donors (Lipinski definition) is 1. The first-order valence-electron chi connectivity index (χ1n) is 12.5. The van der Waals surface area contributed by atoms with E-state index in [1.165, 1.54) is 0 Å². The number of fused-ring (bicyclic) bond motifs is 2. The molecule has 0 spiro atoms. The van der Waals surface area contributed by atoms with Crippen LogP contribution in [-0.4, -0.2) is 48.6 Å². The zero-order chi connectivity index (χ0) is 26.1. The first kappa shape index (κ1) is 25.2. The van der Waals surface area contributed by atoms with Crippen molar-refractivity contribution in [1.29, 1.82) is 0 Å². The van der Waals surface area contributed by atoms with Gasteiger partial charge in [0.15, 0.2) is 0 Å². The maximum atomic E-state index is 11.9. The van der Waals surface area contributed by atoms with Gasteiger partial charge in [0.25, 0.3) is 0 Å². The Morgan fingerprint density at radius 2 is 2.11 bits per heavy atom. The zero-order valence-corrected chi connectivity index (χ0v) is 21.9. The third kappa shape index (κ3) is 5.17. The van der Waals surface area contributed by atoms with Gasteiger partial charge in [0, 0.05) is 43.8 Å². The van der Waals surface area contributed by atoms with Crippen molar-refractivity contribution < 1.29 is 14.6 Å². The Kier molecular flexibility index (Phi) is 7.13. The molecule has 3 heterocycles. The average molecular weight is 520 g/mol.